The first kappa shape index (κ1) is 7.42. The predicted molar refractivity (Wildman–Crippen MR) is 45.3 cm³/mol. The molecule has 1 aromatic heterocycles. The second kappa shape index (κ2) is 2.67. The van der Waals surface area contributed by atoms with Gasteiger partial charge in [-0.25, -0.2) is 4.79 Å². The molecule has 0 fully saturated rings. The van der Waals surface area contributed by atoms with Crippen molar-refractivity contribution in [2.45, 2.75) is 0 Å². The van der Waals surface area contributed by atoms with Crippen molar-refractivity contribution in [3.8, 4) is 5.75 Å². The van der Waals surface area contributed by atoms with Crippen LogP contribution in [-0.4, -0.2) is 24.2 Å². The van der Waals surface area contributed by atoms with Gasteiger partial charge in [-0.05, 0) is 0 Å². The van der Waals surface area contributed by atoms with Crippen molar-refractivity contribution >= 4 is 23.0 Å². The summed E-state index contributed by atoms with van der Waals surface area (Å²) in [7, 11) is 0. The molecular formula is C7H7NO3S. The number of hydrogen-bond acceptors (Lipinski definition) is 4. The summed E-state index contributed by atoms with van der Waals surface area (Å²) in [6, 6.07) is 0. The SMILES string of the molecule is O=C(O)c1scc2c1OCCN2. The van der Waals surface area contributed by atoms with Crippen LogP contribution in [0.4, 0.5) is 5.69 Å². The van der Waals surface area contributed by atoms with Gasteiger partial charge in [0.1, 0.15) is 6.61 Å². The third-order valence-corrected chi connectivity index (χ3v) is 2.55. The molecule has 0 bridgehead atoms. The highest BCUT2D eigenvalue weighted by Crippen LogP contribution is 2.36. The van der Waals surface area contributed by atoms with Gasteiger partial charge in [0.2, 0.25) is 0 Å². The van der Waals surface area contributed by atoms with Gasteiger partial charge in [0.05, 0.1) is 5.69 Å². The van der Waals surface area contributed by atoms with E-state index in [1.54, 1.807) is 5.38 Å². The number of hydrogen-bond donors (Lipinski definition) is 2. The molecule has 0 spiro atoms. The molecule has 0 aliphatic carbocycles. The number of nitrogens with one attached hydrogen (secondary N) is 1. The Morgan fingerprint density at radius 2 is 2.58 bits per heavy atom. The lowest BCUT2D eigenvalue weighted by Gasteiger charge is -2.15. The zero-order chi connectivity index (χ0) is 8.55. The lowest BCUT2D eigenvalue weighted by atomic mass is 10.3. The highest BCUT2D eigenvalue weighted by Gasteiger charge is 2.20. The van der Waals surface area contributed by atoms with Crippen LogP contribution in [0, 0.1) is 0 Å². The van der Waals surface area contributed by atoms with Crippen LogP contribution in [0.1, 0.15) is 9.67 Å². The van der Waals surface area contributed by atoms with Crippen LogP contribution in [-0.2, 0) is 0 Å². The number of anilines is 1. The normalized spacial score (nSPS) is 14.3. The van der Waals surface area contributed by atoms with Gasteiger partial charge in [0.25, 0.3) is 0 Å². The molecular weight excluding hydrogens is 178 g/mol. The number of ether oxygens (including phenoxy) is 1. The standard InChI is InChI=1S/C7H7NO3S/c9-7(10)6-5-4(3-12-6)8-1-2-11-5/h3,8H,1-2H2,(H,9,10). The van der Waals surface area contributed by atoms with Gasteiger partial charge in [-0.2, -0.15) is 0 Å². The second-order valence-corrected chi connectivity index (χ2v) is 3.27. The molecule has 0 unspecified atom stereocenters. The molecule has 1 aliphatic heterocycles. The minimum Gasteiger partial charge on any atom is -0.488 e. The first-order chi connectivity index (χ1) is 5.79. The van der Waals surface area contributed by atoms with Gasteiger partial charge in [0, 0.05) is 11.9 Å². The number of carbonyl (C=O) groups is 1. The quantitative estimate of drug-likeness (QED) is 0.691. The van der Waals surface area contributed by atoms with Crippen LogP contribution in [0.15, 0.2) is 5.38 Å². The molecule has 1 aliphatic rings. The molecule has 2 N–H and O–H groups in total. The van der Waals surface area contributed by atoms with E-state index in [-0.39, 0.29) is 4.88 Å². The Morgan fingerprint density at radius 1 is 1.75 bits per heavy atom. The third-order valence-electron chi connectivity index (χ3n) is 1.60. The van der Waals surface area contributed by atoms with E-state index in [2.05, 4.69) is 5.32 Å². The van der Waals surface area contributed by atoms with E-state index < -0.39 is 5.97 Å². The van der Waals surface area contributed by atoms with Crippen LogP contribution in [0.25, 0.3) is 0 Å². The monoisotopic (exact) mass is 185 g/mol. The summed E-state index contributed by atoms with van der Waals surface area (Å²) in [6.45, 7) is 1.27. The van der Waals surface area contributed by atoms with E-state index in [9.17, 15) is 4.79 Å². The fourth-order valence-electron chi connectivity index (χ4n) is 1.10. The van der Waals surface area contributed by atoms with Crippen molar-refractivity contribution in [2.75, 3.05) is 18.5 Å². The summed E-state index contributed by atoms with van der Waals surface area (Å²) in [5.41, 5.74) is 0.795. The van der Waals surface area contributed by atoms with E-state index >= 15 is 0 Å². The Balaban J connectivity index is 2.44. The molecule has 64 valence electrons. The van der Waals surface area contributed by atoms with E-state index in [0.717, 1.165) is 12.2 Å². The number of carboxylic acids is 1. The topological polar surface area (TPSA) is 58.6 Å². The minimum absolute atomic E-state index is 0.275. The first-order valence-corrected chi connectivity index (χ1v) is 4.38. The van der Waals surface area contributed by atoms with E-state index in [4.69, 9.17) is 9.84 Å². The van der Waals surface area contributed by atoms with Crippen molar-refractivity contribution in [1.29, 1.82) is 0 Å². The highest BCUT2D eigenvalue weighted by molar-refractivity contribution is 7.12. The third kappa shape index (κ3) is 1.02. The maximum Gasteiger partial charge on any atom is 0.349 e. The van der Waals surface area contributed by atoms with Crippen LogP contribution in [0.3, 0.4) is 0 Å². The van der Waals surface area contributed by atoms with Crippen LogP contribution < -0.4 is 10.1 Å². The summed E-state index contributed by atoms with van der Waals surface area (Å²) in [5, 5.41) is 13.6. The fourth-order valence-corrected chi connectivity index (χ4v) is 1.90. The minimum atomic E-state index is -0.926. The van der Waals surface area contributed by atoms with Crippen molar-refractivity contribution in [3.63, 3.8) is 0 Å². The summed E-state index contributed by atoms with van der Waals surface area (Å²) >= 11 is 1.19. The van der Waals surface area contributed by atoms with Crippen molar-refractivity contribution in [3.05, 3.63) is 10.3 Å². The molecule has 0 aromatic carbocycles. The van der Waals surface area contributed by atoms with E-state index in [1.165, 1.54) is 11.3 Å². The molecule has 2 rings (SSSR count). The molecule has 0 saturated heterocycles. The number of fused-ring (bicyclic) bond motifs is 1. The van der Waals surface area contributed by atoms with Crippen LogP contribution >= 0.6 is 11.3 Å². The maximum atomic E-state index is 10.6. The molecule has 0 atom stereocenters. The number of thiophene rings is 1. The average molecular weight is 185 g/mol. The van der Waals surface area contributed by atoms with Crippen LogP contribution in [0.5, 0.6) is 5.75 Å². The largest absolute Gasteiger partial charge is 0.488 e. The summed E-state index contributed by atoms with van der Waals surface area (Å²) in [5.74, 6) is -0.441. The molecule has 5 heteroatoms. The van der Waals surface area contributed by atoms with E-state index in [1.807, 2.05) is 0 Å². The molecule has 1 aromatic rings. The summed E-state index contributed by atoms with van der Waals surface area (Å²) in [6.07, 6.45) is 0. The molecule has 0 radical (unpaired) electrons. The van der Waals surface area contributed by atoms with Crippen molar-refractivity contribution in [2.24, 2.45) is 0 Å². The number of carboxylic acid groups (broad SMARTS) is 1. The first-order valence-electron chi connectivity index (χ1n) is 3.50. The van der Waals surface area contributed by atoms with Gasteiger partial charge < -0.3 is 15.2 Å². The Hall–Kier alpha value is -1.23. The Kier molecular flexibility index (Phi) is 1.65. The second-order valence-electron chi connectivity index (χ2n) is 2.39. The Bertz CT molecular complexity index is 320. The highest BCUT2D eigenvalue weighted by atomic mass is 32.1. The molecule has 0 amide bonds. The van der Waals surface area contributed by atoms with Crippen molar-refractivity contribution < 1.29 is 14.6 Å². The zero-order valence-corrected chi connectivity index (χ0v) is 6.98. The number of rotatable bonds is 1. The Morgan fingerprint density at radius 3 is 3.33 bits per heavy atom. The maximum absolute atomic E-state index is 10.6. The predicted octanol–water partition coefficient (Wildman–Crippen LogP) is 1.25. The Labute approximate surface area is 72.8 Å². The molecule has 0 saturated carbocycles. The smallest absolute Gasteiger partial charge is 0.349 e. The van der Waals surface area contributed by atoms with Gasteiger partial charge in [-0.15, -0.1) is 11.3 Å². The zero-order valence-electron chi connectivity index (χ0n) is 6.16. The lowest BCUT2D eigenvalue weighted by molar-refractivity contribution is 0.0698. The average Bonchev–Trinajstić information content (AvgIpc) is 2.47. The molecule has 4 nitrogen and oxygen atoms in total. The summed E-state index contributed by atoms with van der Waals surface area (Å²) < 4.78 is 5.22. The summed E-state index contributed by atoms with van der Waals surface area (Å²) in [4.78, 5) is 10.9. The van der Waals surface area contributed by atoms with E-state index in [0.29, 0.717) is 12.4 Å². The lowest BCUT2D eigenvalue weighted by Crippen LogP contribution is -2.17. The van der Waals surface area contributed by atoms with Gasteiger partial charge in [0.15, 0.2) is 10.6 Å². The van der Waals surface area contributed by atoms with Crippen LogP contribution in [0.2, 0.25) is 0 Å². The molecule has 2 heterocycles. The van der Waals surface area contributed by atoms with Gasteiger partial charge in [-0.1, -0.05) is 0 Å². The molecule has 12 heavy (non-hydrogen) atoms. The van der Waals surface area contributed by atoms with Gasteiger partial charge in [-0.3, -0.25) is 0 Å². The van der Waals surface area contributed by atoms with Gasteiger partial charge >= 0.3 is 5.97 Å². The fraction of sp³-hybridized carbons (Fsp3) is 0.286. The number of aromatic carboxylic acids is 1. The van der Waals surface area contributed by atoms with Crippen molar-refractivity contribution in [1.82, 2.24) is 0 Å².